The first kappa shape index (κ1) is 21.9. The average Bonchev–Trinajstić information content (AvgIpc) is 3.35. The molecule has 0 radical (unpaired) electrons. The molecule has 31 heavy (non-hydrogen) atoms. The second-order valence-electron chi connectivity index (χ2n) is 7.36. The Morgan fingerprint density at radius 1 is 1.26 bits per heavy atom. The highest BCUT2D eigenvalue weighted by Gasteiger charge is 2.37. The van der Waals surface area contributed by atoms with Crippen molar-refractivity contribution in [2.24, 2.45) is 0 Å². The first-order chi connectivity index (χ1) is 14.7. The molecule has 11 heteroatoms. The Morgan fingerprint density at radius 2 is 2.00 bits per heavy atom. The second kappa shape index (κ2) is 8.66. The van der Waals surface area contributed by atoms with E-state index in [9.17, 15) is 18.0 Å². The number of anilines is 1. The van der Waals surface area contributed by atoms with E-state index < -0.39 is 11.9 Å². The lowest BCUT2D eigenvalue weighted by Crippen LogP contribution is -2.17. The molecular weight excluding hydrogens is 499 g/mol. The summed E-state index contributed by atoms with van der Waals surface area (Å²) in [5.41, 5.74) is 0.491. The zero-order valence-electron chi connectivity index (χ0n) is 16.2. The molecular formula is C20H18BrClF3N5O. The molecule has 4 rings (SSSR count). The van der Waals surface area contributed by atoms with Crippen LogP contribution in [0.25, 0.3) is 0 Å². The second-order valence-corrected chi connectivity index (χ2v) is 8.62. The normalized spacial score (nSPS) is 14.1. The van der Waals surface area contributed by atoms with Gasteiger partial charge in [0.25, 0.3) is 0 Å². The molecule has 1 saturated carbocycles. The van der Waals surface area contributed by atoms with E-state index in [0.717, 1.165) is 24.5 Å². The smallest absolute Gasteiger partial charge is 0.308 e. The molecule has 3 aromatic rings. The van der Waals surface area contributed by atoms with Crippen molar-refractivity contribution in [2.75, 3.05) is 5.32 Å². The van der Waals surface area contributed by atoms with Gasteiger partial charge in [-0.3, -0.25) is 14.2 Å². The fourth-order valence-corrected chi connectivity index (χ4v) is 3.83. The maximum atomic E-state index is 13.0. The molecule has 1 aromatic carbocycles. The van der Waals surface area contributed by atoms with Crippen molar-refractivity contribution in [3.63, 3.8) is 0 Å². The van der Waals surface area contributed by atoms with Gasteiger partial charge in [0.05, 0.1) is 11.0 Å². The van der Waals surface area contributed by atoms with Crippen molar-refractivity contribution in [3.05, 3.63) is 63.0 Å². The monoisotopic (exact) mass is 515 g/mol. The highest BCUT2D eigenvalue weighted by molar-refractivity contribution is 9.10. The number of hydrogen-bond acceptors (Lipinski definition) is 3. The quantitative estimate of drug-likeness (QED) is 0.453. The minimum absolute atomic E-state index is 0.0253. The molecule has 0 saturated heterocycles. The van der Waals surface area contributed by atoms with Gasteiger partial charge in [0.1, 0.15) is 0 Å². The molecule has 0 aliphatic heterocycles. The van der Waals surface area contributed by atoms with Gasteiger partial charge in [0.2, 0.25) is 5.91 Å². The van der Waals surface area contributed by atoms with Crippen LogP contribution < -0.4 is 5.32 Å². The van der Waals surface area contributed by atoms with Crippen LogP contribution in [-0.4, -0.2) is 25.5 Å². The predicted octanol–water partition coefficient (Wildman–Crippen LogP) is 5.47. The van der Waals surface area contributed by atoms with Gasteiger partial charge < -0.3 is 5.32 Å². The lowest BCUT2D eigenvalue weighted by molar-refractivity contribution is -0.141. The fraction of sp³-hybridized carbons (Fsp3) is 0.350. The number of alkyl halides is 3. The minimum atomic E-state index is -4.50. The number of hydrogen-bond donors (Lipinski definition) is 1. The van der Waals surface area contributed by atoms with Crippen LogP contribution in [0.3, 0.4) is 0 Å². The molecule has 6 nitrogen and oxygen atoms in total. The molecule has 0 atom stereocenters. The molecule has 164 valence electrons. The molecule has 1 amide bonds. The predicted molar refractivity (Wildman–Crippen MR) is 113 cm³/mol. The average molecular weight is 517 g/mol. The van der Waals surface area contributed by atoms with Crippen LogP contribution in [0.5, 0.6) is 0 Å². The Hall–Kier alpha value is -2.33. The van der Waals surface area contributed by atoms with Crippen molar-refractivity contribution >= 4 is 39.3 Å². The molecule has 1 fully saturated rings. The number of aromatic nitrogens is 4. The van der Waals surface area contributed by atoms with Gasteiger partial charge in [0.15, 0.2) is 11.5 Å². The summed E-state index contributed by atoms with van der Waals surface area (Å²) in [4.78, 5) is 12.4. The maximum absolute atomic E-state index is 13.0. The van der Waals surface area contributed by atoms with Gasteiger partial charge in [0, 0.05) is 35.8 Å². The van der Waals surface area contributed by atoms with Crippen LogP contribution in [0.2, 0.25) is 5.02 Å². The summed E-state index contributed by atoms with van der Waals surface area (Å²) in [5.74, 6) is 0.0479. The number of carbonyl (C=O) groups is 1. The lowest BCUT2D eigenvalue weighted by atomic mass is 10.2. The van der Waals surface area contributed by atoms with Crippen LogP contribution in [0.15, 0.2) is 41.0 Å². The third-order valence-corrected chi connectivity index (χ3v) is 5.86. The van der Waals surface area contributed by atoms with Crippen LogP contribution in [-0.2, 0) is 24.1 Å². The van der Waals surface area contributed by atoms with E-state index >= 15 is 0 Å². The Labute approximate surface area is 189 Å². The molecule has 0 bridgehead atoms. The Balaban J connectivity index is 1.39. The van der Waals surface area contributed by atoms with Crippen molar-refractivity contribution in [1.29, 1.82) is 0 Å². The van der Waals surface area contributed by atoms with E-state index in [0.29, 0.717) is 27.6 Å². The number of rotatable bonds is 7. The number of amides is 1. The van der Waals surface area contributed by atoms with E-state index in [-0.39, 0.29) is 24.8 Å². The molecule has 2 heterocycles. The summed E-state index contributed by atoms with van der Waals surface area (Å²) < 4.78 is 42.5. The number of nitrogens with zero attached hydrogens (tertiary/aromatic N) is 4. The standard InChI is InChI=1S/C20H18BrClF3N5O/c21-14-11-29(10-13-3-1-2-4-15(13)22)28-19(14)26-18(31)7-8-30-16(12-5-6-12)9-17(27-30)20(23,24)25/h1-4,9,11-12H,5-8,10H2,(H,26,28,31). The first-order valence-corrected chi connectivity index (χ1v) is 10.8. The number of benzene rings is 1. The number of halogens is 5. The fourth-order valence-electron chi connectivity index (χ4n) is 3.22. The SMILES string of the molecule is O=C(CCn1nc(C(F)(F)F)cc1C1CC1)Nc1nn(Cc2ccccc2Cl)cc1Br. The minimum Gasteiger partial charge on any atom is -0.308 e. The molecule has 0 unspecified atom stereocenters. The summed E-state index contributed by atoms with van der Waals surface area (Å²) in [6.45, 7) is 0.484. The summed E-state index contributed by atoms with van der Waals surface area (Å²) in [7, 11) is 0. The van der Waals surface area contributed by atoms with Crippen LogP contribution >= 0.6 is 27.5 Å². The van der Waals surface area contributed by atoms with Gasteiger partial charge in [-0.25, -0.2) is 0 Å². The van der Waals surface area contributed by atoms with Crippen molar-refractivity contribution < 1.29 is 18.0 Å². The Morgan fingerprint density at radius 3 is 2.68 bits per heavy atom. The summed E-state index contributed by atoms with van der Waals surface area (Å²) in [5, 5.41) is 11.3. The Bertz CT molecular complexity index is 1110. The number of aryl methyl sites for hydroxylation is 1. The summed E-state index contributed by atoms with van der Waals surface area (Å²) in [6, 6.07) is 8.46. The zero-order chi connectivity index (χ0) is 22.2. The zero-order valence-corrected chi connectivity index (χ0v) is 18.5. The molecule has 1 N–H and O–H groups in total. The maximum Gasteiger partial charge on any atom is 0.435 e. The molecule has 0 spiro atoms. The largest absolute Gasteiger partial charge is 0.435 e. The van der Waals surface area contributed by atoms with Gasteiger partial charge in [-0.15, -0.1) is 0 Å². The van der Waals surface area contributed by atoms with Crippen molar-refractivity contribution in [1.82, 2.24) is 19.6 Å². The van der Waals surface area contributed by atoms with E-state index in [2.05, 4.69) is 31.4 Å². The van der Waals surface area contributed by atoms with E-state index in [4.69, 9.17) is 11.6 Å². The third-order valence-electron chi connectivity index (χ3n) is 4.91. The van der Waals surface area contributed by atoms with Crippen LogP contribution in [0, 0.1) is 0 Å². The van der Waals surface area contributed by atoms with Gasteiger partial charge in [-0.05, 0) is 46.5 Å². The molecule has 2 aromatic heterocycles. The highest BCUT2D eigenvalue weighted by Crippen LogP contribution is 2.42. The topological polar surface area (TPSA) is 64.7 Å². The molecule has 1 aliphatic carbocycles. The van der Waals surface area contributed by atoms with Gasteiger partial charge >= 0.3 is 6.18 Å². The van der Waals surface area contributed by atoms with E-state index in [1.807, 2.05) is 18.2 Å². The Kier molecular flexibility index (Phi) is 6.11. The van der Waals surface area contributed by atoms with Gasteiger partial charge in [-0.2, -0.15) is 23.4 Å². The third kappa shape index (κ3) is 5.30. The van der Waals surface area contributed by atoms with E-state index in [1.165, 1.54) is 4.68 Å². The molecule has 1 aliphatic rings. The lowest BCUT2D eigenvalue weighted by Gasteiger charge is -2.07. The van der Waals surface area contributed by atoms with Crippen LogP contribution in [0.1, 0.15) is 42.1 Å². The number of nitrogens with one attached hydrogen (secondary N) is 1. The van der Waals surface area contributed by atoms with E-state index in [1.54, 1.807) is 16.9 Å². The summed E-state index contributed by atoms with van der Waals surface area (Å²) in [6.07, 6.45) is -1.14. The van der Waals surface area contributed by atoms with Crippen LogP contribution in [0.4, 0.5) is 19.0 Å². The summed E-state index contributed by atoms with van der Waals surface area (Å²) >= 11 is 9.54. The first-order valence-electron chi connectivity index (χ1n) is 9.62. The van der Waals surface area contributed by atoms with Gasteiger partial charge in [-0.1, -0.05) is 29.8 Å². The highest BCUT2D eigenvalue weighted by atomic mass is 79.9. The van der Waals surface area contributed by atoms with Crippen molar-refractivity contribution in [2.45, 2.75) is 44.4 Å². The van der Waals surface area contributed by atoms with Crippen molar-refractivity contribution in [3.8, 4) is 0 Å². The number of carbonyl (C=O) groups excluding carboxylic acids is 1.